The van der Waals surface area contributed by atoms with Gasteiger partial charge in [0.15, 0.2) is 21.9 Å². The Bertz CT molecular complexity index is 1090. The van der Waals surface area contributed by atoms with Crippen molar-refractivity contribution in [2.45, 2.75) is 0 Å². The van der Waals surface area contributed by atoms with Crippen LogP contribution in [0.2, 0.25) is 0 Å². The van der Waals surface area contributed by atoms with Crippen LogP contribution in [0.1, 0.15) is 10.4 Å². The molecule has 1 aromatic carbocycles. The molecular weight excluding hydrogens is 370 g/mol. The van der Waals surface area contributed by atoms with E-state index in [4.69, 9.17) is 26.4 Å². The first-order valence-corrected chi connectivity index (χ1v) is 8.35. The number of carboxylic acid groups (broad SMARTS) is 1. The molecule has 0 unspecified atom stereocenters. The molecular formula is C18H19N3O5S. The van der Waals surface area contributed by atoms with Gasteiger partial charge in [-0.25, -0.2) is 9.78 Å². The normalized spacial score (nSPS) is 10.9. The highest BCUT2D eigenvalue weighted by Crippen LogP contribution is 2.41. The Labute approximate surface area is 160 Å². The molecule has 27 heavy (non-hydrogen) atoms. The predicted molar refractivity (Wildman–Crippen MR) is 103 cm³/mol. The largest absolute Gasteiger partial charge is 0.493 e. The number of fused-ring (bicyclic) bond motifs is 1. The average Bonchev–Trinajstić information content (AvgIpc) is 2.90. The van der Waals surface area contributed by atoms with Crippen molar-refractivity contribution in [2.24, 2.45) is 14.1 Å². The van der Waals surface area contributed by atoms with Crippen LogP contribution in [0.4, 0.5) is 0 Å². The predicted octanol–water partition coefficient (Wildman–Crippen LogP) is 3.03. The number of carboxylic acids is 1. The Balaban J connectivity index is 2.37. The lowest BCUT2D eigenvalue weighted by atomic mass is 10.1. The molecule has 0 amide bonds. The second-order valence-corrected chi connectivity index (χ2v) is 6.21. The monoisotopic (exact) mass is 389 g/mol. The number of imidazole rings is 1. The van der Waals surface area contributed by atoms with Crippen LogP contribution in [0.15, 0.2) is 18.2 Å². The quantitative estimate of drug-likeness (QED) is 0.671. The van der Waals surface area contributed by atoms with E-state index in [9.17, 15) is 9.90 Å². The number of hydrogen-bond donors (Lipinski definition) is 1. The van der Waals surface area contributed by atoms with E-state index >= 15 is 0 Å². The van der Waals surface area contributed by atoms with Crippen molar-refractivity contribution in [3.8, 4) is 28.5 Å². The van der Waals surface area contributed by atoms with Gasteiger partial charge in [-0.15, -0.1) is 0 Å². The first-order chi connectivity index (χ1) is 12.8. The van der Waals surface area contributed by atoms with Crippen LogP contribution >= 0.6 is 12.2 Å². The Morgan fingerprint density at radius 1 is 1.04 bits per heavy atom. The van der Waals surface area contributed by atoms with Gasteiger partial charge in [-0.3, -0.25) is 0 Å². The van der Waals surface area contributed by atoms with Gasteiger partial charge >= 0.3 is 5.97 Å². The molecule has 2 heterocycles. The van der Waals surface area contributed by atoms with Crippen molar-refractivity contribution in [1.29, 1.82) is 0 Å². The van der Waals surface area contributed by atoms with Gasteiger partial charge in [0.2, 0.25) is 5.75 Å². The molecule has 2 aromatic heterocycles. The van der Waals surface area contributed by atoms with E-state index in [-0.39, 0.29) is 5.56 Å². The number of carbonyl (C=O) groups is 1. The van der Waals surface area contributed by atoms with Crippen LogP contribution in [-0.2, 0) is 14.1 Å². The number of ether oxygens (including phenoxy) is 3. The van der Waals surface area contributed by atoms with Crippen molar-refractivity contribution in [2.75, 3.05) is 21.3 Å². The number of pyridine rings is 1. The lowest BCUT2D eigenvalue weighted by Gasteiger charge is -2.14. The lowest BCUT2D eigenvalue weighted by Crippen LogP contribution is -2.03. The van der Waals surface area contributed by atoms with Crippen molar-refractivity contribution >= 4 is 29.4 Å². The molecule has 0 atom stereocenters. The van der Waals surface area contributed by atoms with Crippen LogP contribution in [0.5, 0.6) is 17.2 Å². The van der Waals surface area contributed by atoms with Gasteiger partial charge in [0.05, 0.1) is 32.6 Å². The zero-order valence-corrected chi connectivity index (χ0v) is 16.4. The summed E-state index contributed by atoms with van der Waals surface area (Å²) < 4.78 is 19.9. The fraction of sp³-hybridized carbons (Fsp3) is 0.278. The third kappa shape index (κ3) is 2.89. The summed E-state index contributed by atoms with van der Waals surface area (Å²) >= 11 is 5.35. The molecule has 0 saturated heterocycles. The maximum atomic E-state index is 11.9. The maximum Gasteiger partial charge on any atom is 0.338 e. The minimum atomic E-state index is -1.06. The molecule has 3 aromatic rings. The average molecular weight is 389 g/mol. The molecule has 0 radical (unpaired) electrons. The Morgan fingerprint density at radius 2 is 1.63 bits per heavy atom. The number of aromatic carboxylic acids is 1. The van der Waals surface area contributed by atoms with Crippen LogP contribution < -0.4 is 14.2 Å². The summed E-state index contributed by atoms with van der Waals surface area (Å²) in [4.78, 5) is 16.5. The topological polar surface area (TPSA) is 87.7 Å². The molecule has 8 nitrogen and oxygen atoms in total. The number of hydrogen-bond acceptors (Lipinski definition) is 6. The van der Waals surface area contributed by atoms with Gasteiger partial charge in [-0.2, -0.15) is 0 Å². The lowest BCUT2D eigenvalue weighted by molar-refractivity contribution is 0.0698. The van der Waals surface area contributed by atoms with Crippen molar-refractivity contribution in [3.63, 3.8) is 0 Å². The summed E-state index contributed by atoms with van der Waals surface area (Å²) in [5, 5.41) is 9.71. The van der Waals surface area contributed by atoms with E-state index in [0.717, 1.165) is 0 Å². The molecule has 1 N–H and O–H groups in total. The maximum absolute atomic E-state index is 11.9. The fourth-order valence-electron chi connectivity index (χ4n) is 3.04. The molecule has 0 fully saturated rings. The summed E-state index contributed by atoms with van der Waals surface area (Å²) in [6.45, 7) is 0. The van der Waals surface area contributed by atoms with Crippen LogP contribution in [0.3, 0.4) is 0 Å². The number of methoxy groups -OCH3 is 3. The molecule has 0 spiro atoms. The summed E-state index contributed by atoms with van der Waals surface area (Å²) in [5.74, 6) is 0.285. The summed E-state index contributed by atoms with van der Waals surface area (Å²) in [6.07, 6.45) is 0. The van der Waals surface area contributed by atoms with Crippen molar-refractivity contribution in [1.82, 2.24) is 14.1 Å². The van der Waals surface area contributed by atoms with E-state index in [1.165, 1.54) is 27.4 Å². The van der Waals surface area contributed by atoms with E-state index < -0.39 is 5.97 Å². The number of nitrogens with zero attached hydrogens (tertiary/aromatic N) is 3. The molecule has 0 aliphatic heterocycles. The molecule has 0 bridgehead atoms. The third-order valence-corrected chi connectivity index (χ3v) is 4.94. The van der Waals surface area contributed by atoms with E-state index in [2.05, 4.69) is 4.98 Å². The standard InChI is InChI=1S/C18H19N3O5S/c1-20-14-10(17(22)23)8-11(19-16(14)21(2)18(20)27)9-6-12(24-3)15(26-5)13(7-9)25-4/h6-8H,1-5H3,(H,22,23). The van der Waals surface area contributed by atoms with Crippen molar-refractivity contribution in [3.05, 3.63) is 28.5 Å². The van der Waals surface area contributed by atoms with Crippen LogP contribution in [-0.4, -0.2) is 46.5 Å². The van der Waals surface area contributed by atoms with Crippen molar-refractivity contribution < 1.29 is 24.1 Å². The molecule has 3 rings (SSSR count). The summed E-state index contributed by atoms with van der Waals surface area (Å²) in [6, 6.07) is 4.96. The molecule has 142 valence electrons. The number of aryl methyl sites for hydroxylation is 2. The first kappa shape index (κ1) is 18.7. The smallest absolute Gasteiger partial charge is 0.338 e. The van der Waals surface area contributed by atoms with Gasteiger partial charge in [-0.05, 0) is 30.4 Å². The first-order valence-electron chi connectivity index (χ1n) is 7.94. The second-order valence-electron chi connectivity index (χ2n) is 5.85. The minimum absolute atomic E-state index is 0.109. The minimum Gasteiger partial charge on any atom is -0.493 e. The molecule has 9 heteroatoms. The molecule has 0 aliphatic rings. The third-order valence-electron chi connectivity index (χ3n) is 4.39. The van der Waals surface area contributed by atoms with E-state index in [1.54, 1.807) is 35.4 Å². The SMILES string of the molecule is COc1cc(-c2cc(C(=O)O)c3c(n2)n(C)c(=S)n3C)cc(OC)c1OC. The fourth-order valence-corrected chi connectivity index (χ4v) is 3.22. The van der Waals surface area contributed by atoms with E-state index in [0.29, 0.717) is 44.4 Å². The Kier molecular flexibility index (Phi) is 4.79. The number of rotatable bonds is 5. The van der Waals surface area contributed by atoms with Gasteiger partial charge < -0.3 is 28.5 Å². The summed E-state index contributed by atoms with van der Waals surface area (Å²) in [7, 11) is 8.02. The molecule has 0 aliphatic carbocycles. The Morgan fingerprint density at radius 3 is 2.11 bits per heavy atom. The van der Waals surface area contributed by atoms with Gasteiger partial charge in [0, 0.05) is 19.7 Å². The van der Waals surface area contributed by atoms with Gasteiger partial charge in [-0.1, -0.05) is 0 Å². The highest BCUT2D eigenvalue weighted by molar-refractivity contribution is 7.71. The highest BCUT2D eigenvalue weighted by Gasteiger charge is 2.21. The summed E-state index contributed by atoms with van der Waals surface area (Å²) in [5.41, 5.74) is 2.13. The van der Waals surface area contributed by atoms with Crippen LogP contribution in [0.25, 0.3) is 22.4 Å². The Hall–Kier alpha value is -3.07. The highest BCUT2D eigenvalue weighted by atomic mass is 32.1. The zero-order chi connectivity index (χ0) is 19.9. The van der Waals surface area contributed by atoms with E-state index in [1.807, 2.05) is 0 Å². The molecule has 0 saturated carbocycles. The number of benzene rings is 1. The van der Waals surface area contributed by atoms with Gasteiger partial charge in [0.25, 0.3) is 0 Å². The number of aromatic nitrogens is 3. The van der Waals surface area contributed by atoms with Crippen LogP contribution in [0, 0.1) is 4.77 Å². The van der Waals surface area contributed by atoms with Gasteiger partial charge in [0.1, 0.15) is 5.52 Å². The zero-order valence-electron chi connectivity index (χ0n) is 15.6. The second kappa shape index (κ2) is 6.92.